The van der Waals surface area contributed by atoms with Gasteiger partial charge in [-0.2, -0.15) is 13.2 Å². The lowest BCUT2D eigenvalue weighted by Gasteiger charge is -2.15. The minimum absolute atomic E-state index is 0.410. The van der Waals surface area contributed by atoms with Crippen molar-refractivity contribution in [1.82, 2.24) is 5.32 Å². The maximum Gasteiger partial charge on any atom is 0.416 e. The van der Waals surface area contributed by atoms with Crippen LogP contribution in [0.25, 0.3) is 0 Å². The topological polar surface area (TPSA) is 58.6 Å². The fraction of sp³-hybridized carbons (Fsp3) is 0.462. The summed E-state index contributed by atoms with van der Waals surface area (Å²) < 4.78 is 41.1. The van der Waals surface area contributed by atoms with Crippen LogP contribution in [-0.2, 0) is 4.79 Å². The van der Waals surface area contributed by atoms with E-state index in [0.29, 0.717) is 5.75 Å². The normalized spacial score (nSPS) is 12.9. The number of carbonyl (C=O) groups is 1. The number of halogens is 3. The summed E-state index contributed by atoms with van der Waals surface area (Å²) in [4.78, 5) is 11.3. The number of hydrogen-bond donors (Lipinski definition) is 2. The monoisotopic (exact) mass is 291 g/mol. The fourth-order valence-electron chi connectivity index (χ4n) is 1.33. The minimum atomic E-state index is -4.75. The van der Waals surface area contributed by atoms with Gasteiger partial charge in [0.15, 0.2) is 12.7 Å². The maximum atomic E-state index is 12.0. The average molecular weight is 291 g/mol. The second kappa shape index (κ2) is 6.60. The van der Waals surface area contributed by atoms with Gasteiger partial charge in [0.1, 0.15) is 5.75 Å². The number of aliphatic hydroxyl groups is 1. The van der Waals surface area contributed by atoms with Gasteiger partial charge in [0.2, 0.25) is 0 Å². The van der Waals surface area contributed by atoms with E-state index in [4.69, 9.17) is 9.84 Å². The highest BCUT2D eigenvalue weighted by Gasteiger charge is 2.38. The fourth-order valence-corrected chi connectivity index (χ4v) is 1.33. The minimum Gasteiger partial charge on any atom is -0.484 e. The Morgan fingerprint density at radius 3 is 2.55 bits per heavy atom. The third-order valence-electron chi connectivity index (χ3n) is 2.72. The lowest BCUT2D eigenvalue weighted by Crippen LogP contribution is -2.42. The first-order valence-corrected chi connectivity index (χ1v) is 5.91. The lowest BCUT2D eigenvalue weighted by molar-refractivity contribution is -0.201. The van der Waals surface area contributed by atoms with Crippen LogP contribution in [0.15, 0.2) is 18.2 Å². The number of benzene rings is 1. The molecule has 20 heavy (non-hydrogen) atoms. The molecule has 0 aliphatic heterocycles. The highest BCUT2D eigenvalue weighted by molar-refractivity contribution is 5.77. The van der Waals surface area contributed by atoms with Gasteiger partial charge in [-0.3, -0.25) is 4.79 Å². The van der Waals surface area contributed by atoms with E-state index in [0.717, 1.165) is 11.1 Å². The Kier molecular flexibility index (Phi) is 5.38. The van der Waals surface area contributed by atoms with Gasteiger partial charge >= 0.3 is 6.18 Å². The van der Waals surface area contributed by atoms with Crippen molar-refractivity contribution in [3.63, 3.8) is 0 Å². The number of ether oxygens (including phenoxy) is 1. The molecule has 2 N–H and O–H groups in total. The third-order valence-corrected chi connectivity index (χ3v) is 2.72. The molecule has 7 heteroatoms. The van der Waals surface area contributed by atoms with Gasteiger partial charge in [0, 0.05) is 0 Å². The predicted octanol–water partition coefficient (Wildman–Crippen LogP) is 1.72. The standard InChI is InChI=1S/C13H16F3NO3/c1-8-3-4-10(5-9(8)2)20-7-12(19)17-6-11(18)13(14,15)16/h3-5,11,18H,6-7H2,1-2H3,(H,17,19). The van der Waals surface area contributed by atoms with Crippen LogP contribution in [0.2, 0.25) is 0 Å². The smallest absolute Gasteiger partial charge is 0.416 e. The quantitative estimate of drug-likeness (QED) is 0.868. The summed E-state index contributed by atoms with van der Waals surface area (Å²) in [6, 6.07) is 5.21. The molecule has 1 unspecified atom stereocenters. The molecule has 0 aromatic heterocycles. The molecule has 0 radical (unpaired) electrons. The van der Waals surface area contributed by atoms with Crippen molar-refractivity contribution in [3.8, 4) is 5.75 Å². The van der Waals surface area contributed by atoms with Crippen LogP contribution >= 0.6 is 0 Å². The van der Waals surface area contributed by atoms with Gasteiger partial charge < -0.3 is 15.2 Å². The third kappa shape index (κ3) is 5.08. The summed E-state index contributed by atoms with van der Waals surface area (Å²) in [7, 11) is 0. The van der Waals surface area contributed by atoms with Crippen molar-refractivity contribution < 1.29 is 27.8 Å². The molecule has 1 amide bonds. The molecule has 0 spiro atoms. The van der Waals surface area contributed by atoms with E-state index >= 15 is 0 Å². The molecule has 0 aliphatic carbocycles. The molecule has 0 saturated heterocycles. The van der Waals surface area contributed by atoms with Crippen molar-refractivity contribution in [1.29, 1.82) is 0 Å². The number of amides is 1. The van der Waals surface area contributed by atoms with Gasteiger partial charge in [-0.1, -0.05) is 6.07 Å². The molecule has 1 aromatic rings. The SMILES string of the molecule is Cc1ccc(OCC(=O)NCC(O)C(F)(F)F)cc1C. The van der Waals surface area contributed by atoms with Crippen molar-refractivity contribution in [2.45, 2.75) is 26.1 Å². The summed E-state index contributed by atoms with van der Waals surface area (Å²) in [6.45, 7) is 2.50. The summed E-state index contributed by atoms with van der Waals surface area (Å²) in [5, 5.41) is 10.7. The molecule has 1 atom stereocenters. The summed E-state index contributed by atoms with van der Waals surface area (Å²) >= 11 is 0. The van der Waals surface area contributed by atoms with E-state index in [9.17, 15) is 18.0 Å². The van der Waals surface area contributed by atoms with E-state index in [1.54, 1.807) is 12.1 Å². The molecular weight excluding hydrogens is 275 g/mol. The number of aliphatic hydroxyl groups excluding tert-OH is 1. The van der Waals surface area contributed by atoms with Crippen molar-refractivity contribution in [2.24, 2.45) is 0 Å². The van der Waals surface area contributed by atoms with E-state index in [1.165, 1.54) is 0 Å². The summed E-state index contributed by atoms with van der Waals surface area (Å²) in [5.41, 5.74) is 2.05. The Balaban J connectivity index is 2.38. The summed E-state index contributed by atoms with van der Waals surface area (Å²) in [6.07, 6.45) is -7.32. The highest BCUT2D eigenvalue weighted by atomic mass is 19.4. The van der Waals surface area contributed by atoms with E-state index in [-0.39, 0.29) is 0 Å². The second-order valence-electron chi connectivity index (χ2n) is 4.40. The molecule has 112 valence electrons. The Hall–Kier alpha value is -1.76. The molecule has 0 aliphatic rings. The predicted molar refractivity (Wildman–Crippen MR) is 66.5 cm³/mol. The van der Waals surface area contributed by atoms with Crippen molar-refractivity contribution in [2.75, 3.05) is 13.2 Å². The Morgan fingerprint density at radius 1 is 1.35 bits per heavy atom. The van der Waals surface area contributed by atoms with Crippen LogP contribution < -0.4 is 10.1 Å². The van der Waals surface area contributed by atoms with Gasteiger partial charge in [-0.05, 0) is 37.1 Å². The number of carbonyl (C=O) groups excluding carboxylic acids is 1. The van der Waals surface area contributed by atoms with Gasteiger partial charge in [-0.25, -0.2) is 0 Å². The van der Waals surface area contributed by atoms with Crippen LogP contribution in [0, 0.1) is 13.8 Å². The number of hydrogen-bond acceptors (Lipinski definition) is 3. The zero-order chi connectivity index (χ0) is 15.3. The lowest BCUT2D eigenvalue weighted by atomic mass is 10.1. The average Bonchev–Trinajstić information content (AvgIpc) is 2.36. The molecule has 1 aromatic carbocycles. The molecule has 0 heterocycles. The number of rotatable bonds is 5. The first-order chi connectivity index (χ1) is 9.20. The molecule has 0 fully saturated rings. The zero-order valence-electron chi connectivity index (χ0n) is 11.1. The van der Waals surface area contributed by atoms with Crippen LogP contribution in [-0.4, -0.2) is 36.4 Å². The van der Waals surface area contributed by atoms with Crippen molar-refractivity contribution >= 4 is 5.91 Å². The van der Waals surface area contributed by atoms with E-state index < -0.39 is 31.3 Å². The summed E-state index contributed by atoms with van der Waals surface area (Å²) in [5.74, 6) is -0.272. The second-order valence-corrected chi connectivity index (χ2v) is 4.40. The maximum absolute atomic E-state index is 12.0. The highest BCUT2D eigenvalue weighted by Crippen LogP contribution is 2.19. The molecule has 1 rings (SSSR count). The molecule has 4 nitrogen and oxygen atoms in total. The molecule has 0 bridgehead atoms. The Labute approximate surface area is 114 Å². The first-order valence-electron chi connectivity index (χ1n) is 5.91. The van der Waals surface area contributed by atoms with Crippen LogP contribution in [0.4, 0.5) is 13.2 Å². The van der Waals surface area contributed by atoms with Gasteiger partial charge in [0.05, 0.1) is 6.54 Å². The van der Waals surface area contributed by atoms with E-state index in [1.807, 2.05) is 25.2 Å². The van der Waals surface area contributed by atoms with Crippen LogP contribution in [0.5, 0.6) is 5.75 Å². The first kappa shape index (κ1) is 16.3. The molecule has 0 saturated carbocycles. The van der Waals surface area contributed by atoms with Gasteiger partial charge in [0.25, 0.3) is 5.91 Å². The number of alkyl halides is 3. The van der Waals surface area contributed by atoms with Gasteiger partial charge in [-0.15, -0.1) is 0 Å². The number of aryl methyl sites for hydroxylation is 2. The largest absolute Gasteiger partial charge is 0.484 e. The van der Waals surface area contributed by atoms with Crippen LogP contribution in [0.3, 0.4) is 0 Å². The zero-order valence-corrected chi connectivity index (χ0v) is 11.1. The Bertz CT molecular complexity index is 474. The molecular formula is C13H16F3NO3. The Morgan fingerprint density at radius 2 is 2.00 bits per heavy atom. The van der Waals surface area contributed by atoms with E-state index in [2.05, 4.69) is 0 Å². The number of nitrogens with one attached hydrogen (secondary N) is 1. The van der Waals surface area contributed by atoms with Crippen LogP contribution in [0.1, 0.15) is 11.1 Å². The van der Waals surface area contributed by atoms with Crippen molar-refractivity contribution in [3.05, 3.63) is 29.3 Å².